The van der Waals surface area contributed by atoms with Crippen LogP contribution in [-0.2, 0) is 19.1 Å². The molecule has 2 saturated heterocycles. The molecule has 2 heterocycles. The number of hydrogen-bond acceptors (Lipinski definition) is 8. The smallest absolute Gasteiger partial charge is 0.341 e. The number of benzene rings is 1. The second-order valence-corrected chi connectivity index (χ2v) is 10.4. The summed E-state index contributed by atoms with van der Waals surface area (Å²) in [7, 11) is 1.16. The molecule has 0 radical (unpaired) electrons. The summed E-state index contributed by atoms with van der Waals surface area (Å²) in [5, 5.41) is 33.0. The number of hydrogen-bond donors (Lipinski definition) is 4. The van der Waals surface area contributed by atoms with Crippen LogP contribution in [0.4, 0.5) is 5.69 Å². The number of aliphatic hydroxyl groups excluding tert-OH is 1. The molecule has 2 saturated carbocycles. The van der Waals surface area contributed by atoms with Crippen LogP contribution in [0.1, 0.15) is 49.4 Å². The summed E-state index contributed by atoms with van der Waals surface area (Å²) >= 11 is 0. The minimum atomic E-state index is -0.828. The molecule has 5 aliphatic rings. The maximum absolute atomic E-state index is 13.1. The number of carbonyl (C=O) groups excluding carboxylic acids is 3. The van der Waals surface area contributed by atoms with Crippen molar-refractivity contribution in [2.75, 3.05) is 19.0 Å². The lowest BCUT2D eigenvalue weighted by Crippen LogP contribution is -2.57. The summed E-state index contributed by atoms with van der Waals surface area (Å²) in [6, 6.07) is 2.38. The van der Waals surface area contributed by atoms with E-state index >= 15 is 0 Å². The molecule has 4 bridgehead atoms. The first-order valence-corrected chi connectivity index (χ1v) is 11.5. The van der Waals surface area contributed by atoms with E-state index in [0.717, 1.165) is 20.0 Å². The third-order valence-corrected chi connectivity index (χ3v) is 8.67. The standard InChI is InChI=1S/C25H29NO8/c1-23(7-6-18(30)26-19-15(28)4-3-14(20(19)31)22(32)33-2)17(29)5-8-24-10-13-9-16(21(23)24)34-25(13,11-24)12-27/h3-5,8,13,16,21,27-28,31H,6-7,9-12H2,1-2H3,(H,26,30)/t13?,16-,21-,23+,24-,25+/m0/s1. The van der Waals surface area contributed by atoms with Crippen molar-refractivity contribution >= 4 is 23.3 Å². The summed E-state index contributed by atoms with van der Waals surface area (Å²) in [5.41, 5.74) is -2.05. The Labute approximate surface area is 196 Å². The van der Waals surface area contributed by atoms with Gasteiger partial charge in [0.15, 0.2) is 11.5 Å². The van der Waals surface area contributed by atoms with Gasteiger partial charge in [-0.3, -0.25) is 9.59 Å². The second kappa shape index (κ2) is 7.55. The van der Waals surface area contributed by atoms with E-state index in [0.29, 0.717) is 6.42 Å². The van der Waals surface area contributed by atoms with Gasteiger partial charge in [-0.2, -0.15) is 0 Å². The second-order valence-electron chi connectivity index (χ2n) is 10.4. The van der Waals surface area contributed by atoms with Gasteiger partial charge >= 0.3 is 5.97 Å². The molecule has 1 aromatic carbocycles. The van der Waals surface area contributed by atoms with E-state index in [1.54, 1.807) is 6.08 Å². The van der Waals surface area contributed by atoms with Crippen LogP contribution < -0.4 is 5.32 Å². The van der Waals surface area contributed by atoms with Crippen molar-refractivity contribution in [1.82, 2.24) is 0 Å². The average Bonchev–Trinajstić information content (AvgIpc) is 3.22. The predicted molar refractivity (Wildman–Crippen MR) is 119 cm³/mol. The van der Waals surface area contributed by atoms with Gasteiger partial charge in [0.1, 0.15) is 17.0 Å². The number of methoxy groups -OCH3 is 1. The highest BCUT2D eigenvalue weighted by Gasteiger charge is 2.72. The van der Waals surface area contributed by atoms with Crippen molar-refractivity contribution in [1.29, 1.82) is 0 Å². The third-order valence-electron chi connectivity index (χ3n) is 8.67. The largest absolute Gasteiger partial charge is 0.506 e. The number of nitrogens with one attached hydrogen (secondary N) is 1. The first kappa shape index (κ1) is 22.9. The Balaban J connectivity index is 1.35. The maximum Gasteiger partial charge on any atom is 0.341 e. The topological polar surface area (TPSA) is 142 Å². The molecule has 34 heavy (non-hydrogen) atoms. The van der Waals surface area contributed by atoms with Crippen LogP contribution in [0.5, 0.6) is 11.5 Å². The summed E-state index contributed by atoms with van der Waals surface area (Å²) in [5.74, 6) is -2.17. The molecule has 1 aromatic rings. The zero-order valence-corrected chi connectivity index (χ0v) is 19.2. The van der Waals surface area contributed by atoms with E-state index in [2.05, 4.69) is 10.1 Å². The first-order chi connectivity index (χ1) is 16.1. The van der Waals surface area contributed by atoms with Gasteiger partial charge in [-0.05, 0) is 55.2 Å². The molecule has 1 amide bonds. The predicted octanol–water partition coefficient (Wildman–Crippen LogP) is 2.29. The molecule has 6 atom stereocenters. The molecule has 2 aliphatic heterocycles. The summed E-state index contributed by atoms with van der Waals surface area (Å²) in [6.07, 6.45) is 6.05. The lowest BCUT2D eigenvalue weighted by molar-refractivity contribution is -0.181. The minimum Gasteiger partial charge on any atom is -0.506 e. The monoisotopic (exact) mass is 471 g/mol. The number of rotatable bonds is 6. The van der Waals surface area contributed by atoms with E-state index in [1.807, 2.05) is 13.0 Å². The maximum atomic E-state index is 13.1. The third kappa shape index (κ3) is 3.03. The van der Waals surface area contributed by atoms with Gasteiger partial charge in [0.25, 0.3) is 0 Å². The van der Waals surface area contributed by atoms with Gasteiger partial charge in [-0.15, -0.1) is 0 Å². The fourth-order valence-corrected chi connectivity index (χ4v) is 7.21. The SMILES string of the molecule is COC(=O)c1ccc(O)c(NC(=O)CC[C@]2(C)C(=O)C=C[C@]34CC5C[C@H](O[C@@]5(CO)C3)[C@H]42)c1O. The van der Waals surface area contributed by atoms with Crippen LogP contribution in [0.2, 0.25) is 0 Å². The number of amides is 1. The van der Waals surface area contributed by atoms with Gasteiger partial charge in [0, 0.05) is 17.8 Å². The zero-order chi connectivity index (χ0) is 24.5. The van der Waals surface area contributed by atoms with Crippen LogP contribution in [0.25, 0.3) is 0 Å². The molecule has 9 heteroatoms. The molecule has 4 N–H and O–H groups in total. The van der Waals surface area contributed by atoms with Crippen LogP contribution >= 0.6 is 0 Å². The molecular formula is C25H29NO8. The molecule has 1 spiro atoms. The highest BCUT2D eigenvalue weighted by Crippen LogP contribution is 2.71. The fraction of sp³-hybridized carbons (Fsp3) is 0.560. The van der Waals surface area contributed by atoms with E-state index in [4.69, 9.17) is 4.74 Å². The molecule has 9 nitrogen and oxygen atoms in total. The van der Waals surface area contributed by atoms with E-state index in [9.17, 15) is 29.7 Å². The van der Waals surface area contributed by atoms with Crippen LogP contribution in [0.15, 0.2) is 24.3 Å². The van der Waals surface area contributed by atoms with Crippen LogP contribution in [0, 0.1) is 22.7 Å². The van der Waals surface area contributed by atoms with E-state index in [-0.39, 0.29) is 59.8 Å². The van der Waals surface area contributed by atoms with Gasteiger partial charge < -0.3 is 30.1 Å². The first-order valence-electron chi connectivity index (χ1n) is 11.5. The molecule has 6 rings (SSSR count). The van der Waals surface area contributed by atoms with E-state index < -0.39 is 34.4 Å². The number of phenolic OH excluding ortho intramolecular Hbond substituents is 2. The number of aliphatic hydroxyl groups is 1. The number of aromatic hydroxyl groups is 2. The number of allylic oxidation sites excluding steroid dienone is 2. The quantitative estimate of drug-likeness (QED) is 0.366. The number of carbonyl (C=O) groups is 3. The highest BCUT2D eigenvalue weighted by molar-refractivity contribution is 6.01. The Hall–Kier alpha value is -2.91. The summed E-state index contributed by atoms with van der Waals surface area (Å²) < 4.78 is 10.9. The Bertz CT molecular complexity index is 1110. The minimum absolute atomic E-state index is 0.0266. The summed E-state index contributed by atoms with van der Waals surface area (Å²) in [6.45, 7) is 1.85. The number of esters is 1. The Kier molecular flexibility index (Phi) is 5.07. The molecule has 4 fully saturated rings. The summed E-state index contributed by atoms with van der Waals surface area (Å²) in [4.78, 5) is 37.8. The van der Waals surface area contributed by atoms with Crippen LogP contribution in [-0.4, -0.2) is 58.4 Å². The Morgan fingerprint density at radius 2 is 2.06 bits per heavy atom. The van der Waals surface area contributed by atoms with Gasteiger partial charge in [0.2, 0.25) is 5.91 Å². The normalized spacial score (nSPS) is 37.0. The lowest BCUT2D eigenvalue weighted by Gasteiger charge is -2.55. The molecule has 0 aromatic heterocycles. The van der Waals surface area contributed by atoms with Gasteiger partial charge in [-0.1, -0.05) is 13.0 Å². The molecular weight excluding hydrogens is 442 g/mol. The average molecular weight is 472 g/mol. The number of anilines is 1. The fourth-order valence-electron chi connectivity index (χ4n) is 7.21. The number of ether oxygens (including phenoxy) is 2. The Morgan fingerprint density at radius 1 is 1.29 bits per heavy atom. The number of ketones is 1. The van der Waals surface area contributed by atoms with E-state index in [1.165, 1.54) is 12.1 Å². The van der Waals surface area contributed by atoms with Crippen molar-refractivity contribution in [3.8, 4) is 11.5 Å². The van der Waals surface area contributed by atoms with Gasteiger partial charge in [0.05, 0.1) is 25.4 Å². The van der Waals surface area contributed by atoms with Crippen molar-refractivity contribution in [3.63, 3.8) is 0 Å². The molecule has 1 unspecified atom stereocenters. The van der Waals surface area contributed by atoms with Gasteiger partial charge in [-0.25, -0.2) is 4.79 Å². The Morgan fingerprint density at radius 3 is 2.74 bits per heavy atom. The van der Waals surface area contributed by atoms with Crippen molar-refractivity contribution in [3.05, 3.63) is 29.8 Å². The molecule has 182 valence electrons. The van der Waals surface area contributed by atoms with Crippen molar-refractivity contribution in [2.45, 2.75) is 50.7 Å². The van der Waals surface area contributed by atoms with Crippen LogP contribution in [0.3, 0.4) is 0 Å². The highest BCUT2D eigenvalue weighted by atomic mass is 16.5. The van der Waals surface area contributed by atoms with Crippen molar-refractivity contribution < 1.29 is 39.2 Å². The van der Waals surface area contributed by atoms with Crippen molar-refractivity contribution in [2.24, 2.45) is 22.7 Å². The number of phenols is 2. The zero-order valence-electron chi connectivity index (χ0n) is 19.2. The molecule has 3 aliphatic carbocycles. The lowest BCUT2D eigenvalue weighted by atomic mass is 9.51.